The Morgan fingerprint density at radius 1 is 1.03 bits per heavy atom. The maximum atomic E-state index is 13.6. The highest BCUT2D eigenvalue weighted by Crippen LogP contribution is 2.26. The molecule has 1 saturated heterocycles. The molecule has 2 aromatic carbocycles. The van der Waals surface area contributed by atoms with Crippen LogP contribution in [-0.4, -0.2) is 41.8 Å². The zero-order valence-corrected chi connectivity index (χ0v) is 19.4. The van der Waals surface area contributed by atoms with E-state index in [0.29, 0.717) is 44.6 Å². The minimum atomic E-state index is -0.364. The molecule has 1 fully saturated rings. The molecule has 5 nitrogen and oxygen atoms in total. The van der Waals surface area contributed by atoms with Gasteiger partial charge in [0, 0.05) is 41.6 Å². The fourth-order valence-corrected chi connectivity index (χ4v) is 4.92. The van der Waals surface area contributed by atoms with Crippen LogP contribution in [0.25, 0.3) is 0 Å². The van der Waals surface area contributed by atoms with Crippen LogP contribution in [-0.2, 0) is 17.9 Å². The highest BCUT2D eigenvalue weighted by atomic mass is 32.1. The van der Waals surface area contributed by atoms with Crippen molar-refractivity contribution in [3.05, 3.63) is 87.9 Å². The van der Waals surface area contributed by atoms with Crippen LogP contribution < -0.4 is 4.74 Å². The Labute approximate surface area is 197 Å². The van der Waals surface area contributed by atoms with Crippen LogP contribution >= 0.6 is 11.3 Å². The van der Waals surface area contributed by atoms with Crippen molar-refractivity contribution in [3.8, 4) is 5.75 Å². The second-order valence-electron chi connectivity index (χ2n) is 8.16. The van der Waals surface area contributed by atoms with E-state index in [1.54, 1.807) is 23.3 Å². The van der Waals surface area contributed by atoms with E-state index >= 15 is 0 Å². The second kappa shape index (κ2) is 10.6. The number of carbonyl (C=O) groups excluding carboxylic acids is 2. The van der Waals surface area contributed by atoms with E-state index in [1.807, 2.05) is 46.7 Å². The van der Waals surface area contributed by atoms with Gasteiger partial charge >= 0.3 is 0 Å². The molecule has 0 N–H and O–H groups in total. The lowest BCUT2D eigenvalue weighted by molar-refractivity contribution is -0.138. The van der Waals surface area contributed by atoms with Crippen molar-refractivity contribution in [1.29, 1.82) is 0 Å². The third-order valence-corrected chi connectivity index (χ3v) is 6.88. The average molecular weight is 467 g/mol. The third-order valence-electron chi connectivity index (χ3n) is 6.01. The molecule has 2 heterocycles. The molecule has 3 aromatic rings. The number of nitrogens with zero attached hydrogens (tertiary/aromatic N) is 2. The smallest absolute Gasteiger partial charge is 0.253 e. The van der Waals surface area contributed by atoms with Crippen molar-refractivity contribution >= 4 is 23.2 Å². The predicted octanol–water partition coefficient (Wildman–Crippen LogP) is 4.98. The number of para-hydroxylation sites is 1. The molecule has 172 valence electrons. The molecule has 0 bridgehead atoms. The van der Waals surface area contributed by atoms with Gasteiger partial charge in [0.15, 0.2) is 0 Å². The number of piperidine rings is 1. The molecule has 33 heavy (non-hydrogen) atoms. The van der Waals surface area contributed by atoms with Crippen LogP contribution in [0.1, 0.15) is 33.6 Å². The summed E-state index contributed by atoms with van der Waals surface area (Å²) in [4.78, 5) is 31.1. The summed E-state index contributed by atoms with van der Waals surface area (Å²) >= 11 is 1.63. The molecule has 0 radical (unpaired) electrons. The van der Waals surface area contributed by atoms with Gasteiger partial charge in [-0.25, -0.2) is 4.39 Å². The quantitative estimate of drug-likeness (QED) is 0.494. The summed E-state index contributed by atoms with van der Waals surface area (Å²) in [7, 11) is 1.64. The van der Waals surface area contributed by atoms with Gasteiger partial charge in [0.1, 0.15) is 11.6 Å². The zero-order chi connectivity index (χ0) is 23.2. The number of halogens is 1. The fraction of sp³-hybridized carbons (Fsp3) is 0.308. The Hall–Kier alpha value is -3.19. The summed E-state index contributed by atoms with van der Waals surface area (Å²) in [6, 6.07) is 17.4. The molecule has 0 aliphatic carbocycles. The summed E-state index contributed by atoms with van der Waals surface area (Å²) < 4.78 is 18.7. The van der Waals surface area contributed by atoms with E-state index in [1.165, 1.54) is 24.3 Å². The number of methoxy groups -OCH3 is 1. The van der Waals surface area contributed by atoms with Gasteiger partial charge < -0.3 is 14.5 Å². The molecule has 4 rings (SSSR count). The number of thiophene rings is 1. The van der Waals surface area contributed by atoms with Gasteiger partial charge in [-0.15, -0.1) is 11.3 Å². The van der Waals surface area contributed by atoms with Crippen LogP contribution in [0.2, 0.25) is 0 Å². The first kappa shape index (κ1) is 23.0. The van der Waals surface area contributed by atoms with Gasteiger partial charge in [-0.3, -0.25) is 9.59 Å². The van der Waals surface area contributed by atoms with Crippen molar-refractivity contribution in [2.75, 3.05) is 20.2 Å². The van der Waals surface area contributed by atoms with E-state index in [2.05, 4.69) is 0 Å². The van der Waals surface area contributed by atoms with Gasteiger partial charge in [0.05, 0.1) is 13.7 Å². The molecule has 1 aromatic heterocycles. The highest BCUT2D eigenvalue weighted by molar-refractivity contribution is 7.09. The van der Waals surface area contributed by atoms with E-state index in [0.717, 1.165) is 16.2 Å². The van der Waals surface area contributed by atoms with Gasteiger partial charge in [-0.2, -0.15) is 0 Å². The molecular weight excluding hydrogens is 439 g/mol. The maximum Gasteiger partial charge on any atom is 0.253 e. The molecule has 0 unspecified atom stereocenters. The van der Waals surface area contributed by atoms with Crippen molar-refractivity contribution in [2.45, 2.75) is 25.9 Å². The summed E-state index contributed by atoms with van der Waals surface area (Å²) in [6.45, 7) is 2.03. The normalized spacial score (nSPS) is 14.2. The number of hydrogen-bond acceptors (Lipinski definition) is 4. The standard InChI is InChI=1S/C26H27FN2O3S/c1-32-24-7-3-2-5-21(24)17-29(18-23-6-4-16-33-23)26(31)20-12-14-28(15-13-20)25(30)19-8-10-22(27)11-9-19/h2-11,16,20H,12-15,17-18H2,1H3. The molecule has 1 aliphatic heterocycles. The largest absolute Gasteiger partial charge is 0.496 e. The van der Waals surface area contributed by atoms with Gasteiger partial charge in [-0.1, -0.05) is 24.3 Å². The Kier molecular flexibility index (Phi) is 7.40. The first-order chi connectivity index (χ1) is 16.0. The average Bonchev–Trinajstić information content (AvgIpc) is 3.37. The molecule has 0 atom stereocenters. The lowest BCUT2D eigenvalue weighted by Gasteiger charge is -2.34. The van der Waals surface area contributed by atoms with E-state index < -0.39 is 0 Å². The van der Waals surface area contributed by atoms with Crippen LogP contribution in [0.5, 0.6) is 5.75 Å². The summed E-state index contributed by atoms with van der Waals surface area (Å²) in [5.74, 6) is 0.239. The van der Waals surface area contributed by atoms with Gasteiger partial charge in [0.25, 0.3) is 5.91 Å². The zero-order valence-electron chi connectivity index (χ0n) is 18.6. The van der Waals surface area contributed by atoms with Crippen molar-refractivity contribution in [1.82, 2.24) is 9.80 Å². The topological polar surface area (TPSA) is 49.9 Å². The first-order valence-corrected chi connectivity index (χ1v) is 11.9. The number of hydrogen-bond donors (Lipinski definition) is 0. The van der Waals surface area contributed by atoms with Crippen LogP contribution in [0.3, 0.4) is 0 Å². The van der Waals surface area contributed by atoms with Crippen LogP contribution in [0.4, 0.5) is 4.39 Å². The van der Waals surface area contributed by atoms with Gasteiger partial charge in [-0.05, 0) is 54.6 Å². The number of likely N-dealkylation sites (tertiary alicyclic amines) is 1. The molecule has 0 spiro atoms. The van der Waals surface area contributed by atoms with E-state index in [-0.39, 0.29) is 23.5 Å². The predicted molar refractivity (Wildman–Crippen MR) is 127 cm³/mol. The minimum Gasteiger partial charge on any atom is -0.496 e. The lowest BCUT2D eigenvalue weighted by Crippen LogP contribution is -2.44. The van der Waals surface area contributed by atoms with Crippen molar-refractivity contribution in [2.24, 2.45) is 5.92 Å². The molecule has 0 saturated carbocycles. The van der Waals surface area contributed by atoms with Crippen LogP contribution in [0.15, 0.2) is 66.0 Å². The Morgan fingerprint density at radius 3 is 2.42 bits per heavy atom. The Balaban J connectivity index is 1.44. The Morgan fingerprint density at radius 2 is 1.76 bits per heavy atom. The molecule has 2 amide bonds. The monoisotopic (exact) mass is 466 g/mol. The number of benzene rings is 2. The number of carbonyl (C=O) groups is 2. The number of rotatable bonds is 7. The number of ether oxygens (including phenoxy) is 1. The third kappa shape index (κ3) is 5.60. The summed E-state index contributed by atoms with van der Waals surface area (Å²) in [6.07, 6.45) is 1.22. The molecule has 1 aliphatic rings. The van der Waals surface area contributed by atoms with Gasteiger partial charge in [0.2, 0.25) is 5.91 Å². The minimum absolute atomic E-state index is 0.100. The van der Waals surface area contributed by atoms with E-state index in [9.17, 15) is 14.0 Å². The number of amides is 2. The Bertz CT molecular complexity index is 1080. The SMILES string of the molecule is COc1ccccc1CN(Cc1cccs1)C(=O)C1CCN(C(=O)c2ccc(F)cc2)CC1. The van der Waals surface area contributed by atoms with Crippen LogP contribution in [0, 0.1) is 11.7 Å². The van der Waals surface area contributed by atoms with Crippen molar-refractivity contribution < 1.29 is 18.7 Å². The van der Waals surface area contributed by atoms with E-state index in [4.69, 9.17) is 4.74 Å². The highest BCUT2D eigenvalue weighted by Gasteiger charge is 2.31. The summed E-state index contributed by atoms with van der Waals surface area (Å²) in [5.41, 5.74) is 1.44. The molecule has 7 heteroatoms. The first-order valence-electron chi connectivity index (χ1n) is 11.0. The van der Waals surface area contributed by atoms with Crippen molar-refractivity contribution in [3.63, 3.8) is 0 Å². The fourth-order valence-electron chi connectivity index (χ4n) is 4.20. The lowest BCUT2D eigenvalue weighted by atomic mass is 9.94. The molecular formula is C26H27FN2O3S. The summed E-state index contributed by atoms with van der Waals surface area (Å²) in [5, 5.41) is 2.01. The maximum absolute atomic E-state index is 13.6. The second-order valence-corrected chi connectivity index (χ2v) is 9.19.